The number of halogens is 1. The number of hydrogen-bond acceptors (Lipinski definition) is 6. The molecule has 0 radical (unpaired) electrons. The molecule has 126 valence electrons. The fraction of sp³-hybridized carbons (Fsp3) is 0.500. The van der Waals surface area contributed by atoms with Crippen molar-refractivity contribution in [1.29, 1.82) is 0 Å². The summed E-state index contributed by atoms with van der Waals surface area (Å²) in [6, 6.07) is 1.57. The number of aromatic nitrogens is 3. The zero-order chi connectivity index (χ0) is 15.5. The third-order valence-corrected chi connectivity index (χ3v) is 3.65. The van der Waals surface area contributed by atoms with Crippen molar-refractivity contribution in [3.8, 4) is 0 Å². The van der Waals surface area contributed by atoms with Crippen molar-refractivity contribution < 1.29 is 14.1 Å². The molecule has 0 aliphatic carbocycles. The lowest BCUT2D eigenvalue weighted by atomic mass is 10.2. The zero-order valence-electron chi connectivity index (χ0n) is 13.0. The van der Waals surface area contributed by atoms with Gasteiger partial charge in [-0.25, -0.2) is 0 Å². The number of amides is 1. The molecule has 0 spiro atoms. The quantitative estimate of drug-likeness (QED) is 0.816. The van der Waals surface area contributed by atoms with Gasteiger partial charge in [0.2, 0.25) is 0 Å². The molecule has 0 aromatic carbocycles. The normalized spacial score (nSPS) is 20.3. The molecule has 1 aliphatic rings. The topological polar surface area (TPSA) is 94.2 Å². The molecule has 0 bridgehead atoms. The number of carbonyl (C=O) groups excluding carboxylic acids is 1. The van der Waals surface area contributed by atoms with Crippen LogP contribution in [0.5, 0.6) is 0 Å². The Hall–Kier alpha value is -1.90. The van der Waals surface area contributed by atoms with Crippen LogP contribution in [0.4, 0.5) is 0 Å². The fourth-order valence-corrected chi connectivity index (χ4v) is 2.50. The highest BCUT2D eigenvalue weighted by Crippen LogP contribution is 2.09. The van der Waals surface area contributed by atoms with Crippen LogP contribution in [0, 0.1) is 6.92 Å². The second kappa shape index (κ2) is 7.58. The van der Waals surface area contributed by atoms with Crippen molar-refractivity contribution in [2.45, 2.75) is 25.6 Å². The van der Waals surface area contributed by atoms with Gasteiger partial charge in [-0.05, 0) is 12.5 Å². The van der Waals surface area contributed by atoms with Crippen LogP contribution in [0.2, 0.25) is 0 Å². The molecule has 8 nitrogen and oxygen atoms in total. The molecular weight excluding hydrogens is 322 g/mol. The Morgan fingerprint density at radius 2 is 2.39 bits per heavy atom. The summed E-state index contributed by atoms with van der Waals surface area (Å²) in [4.78, 5) is 12.2. The van der Waals surface area contributed by atoms with E-state index in [0.29, 0.717) is 18.8 Å². The largest absolute Gasteiger partial charge is 0.378 e. The summed E-state index contributed by atoms with van der Waals surface area (Å²) in [6.45, 7) is 3.82. The smallest absolute Gasteiger partial charge is 0.273 e. The third-order valence-electron chi connectivity index (χ3n) is 3.65. The van der Waals surface area contributed by atoms with Crippen LogP contribution in [-0.2, 0) is 11.3 Å². The third kappa shape index (κ3) is 4.10. The number of nitrogens with one attached hydrogen (secondary N) is 2. The standard InChI is InChI=1S/C14H19N5O3.ClH/c1-9-4-16-19(7-9)8-10-3-11(18-22-10)14(20)17-12-5-15-6-13(12)21-2;/h3-4,7,12-13,15H,5-6,8H2,1-2H3,(H,17,20);1H. The Balaban J connectivity index is 0.00000192. The average Bonchev–Trinajstić information content (AvgIpc) is 3.21. The summed E-state index contributed by atoms with van der Waals surface area (Å²) in [5.41, 5.74) is 1.33. The predicted molar refractivity (Wildman–Crippen MR) is 84.7 cm³/mol. The minimum Gasteiger partial charge on any atom is -0.378 e. The van der Waals surface area contributed by atoms with E-state index in [-0.39, 0.29) is 36.2 Å². The van der Waals surface area contributed by atoms with E-state index in [1.807, 2.05) is 13.1 Å². The van der Waals surface area contributed by atoms with Crippen LogP contribution in [0.25, 0.3) is 0 Å². The van der Waals surface area contributed by atoms with E-state index in [0.717, 1.165) is 12.1 Å². The van der Waals surface area contributed by atoms with Gasteiger partial charge in [0.05, 0.1) is 18.3 Å². The van der Waals surface area contributed by atoms with Gasteiger partial charge in [-0.1, -0.05) is 5.16 Å². The minimum absolute atomic E-state index is 0. The number of rotatable bonds is 5. The first-order valence-electron chi connectivity index (χ1n) is 7.14. The van der Waals surface area contributed by atoms with E-state index in [9.17, 15) is 4.79 Å². The van der Waals surface area contributed by atoms with Crippen LogP contribution < -0.4 is 10.6 Å². The van der Waals surface area contributed by atoms with Crippen molar-refractivity contribution >= 4 is 18.3 Å². The SMILES string of the molecule is COC1CNCC1NC(=O)c1cc(Cn2cc(C)cn2)on1.Cl. The number of ether oxygens (including phenoxy) is 1. The highest BCUT2D eigenvalue weighted by Gasteiger charge is 2.29. The van der Waals surface area contributed by atoms with Crippen LogP contribution in [0.15, 0.2) is 23.0 Å². The van der Waals surface area contributed by atoms with Gasteiger partial charge in [0.15, 0.2) is 11.5 Å². The Bertz CT molecular complexity index is 656. The zero-order valence-corrected chi connectivity index (χ0v) is 13.8. The first kappa shape index (κ1) is 17.5. The summed E-state index contributed by atoms with van der Waals surface area (Å²) in [5.74, 6) is 0.323. The van der Waals surface area contributed by atoms with Crippen LogP contribution in [-0.4, -0.2) is 53.2 Å². The Morgan fingerprint density at radius 1 is 1.57 bits per heavy atom. The average molecular weight is 342 g/mol. The van der Waals surface area contributed by atoms with E-state index in [4.69, 9.17) is 9.26 Å². The van der Waals surface area contributed by atoms with Gasteiger partial charge >= 0.3 is 0 Å². The number of methoxy groups -OCH3 is 1. The van der Waals surface area contributed by atoms with Gasteiger partial charge in [-0.15, -0.1) is 12.4 Å². The molecule has 3 rings (SSSR count). The maximum absolute atomic E-state index is 12.2. The van der Waals surface area contributed by atoms with E-state index in [1.165, 1.54) is 0 Å². The highest BCUT2D eigenvalue weighted by molar-refractivity contribution is 5.92. The molecule has 1 aliphatic heterocycles. The lowest BCUT2D eigenvalue weighted by Gasteiger charge is -2.17. The Labute approximate surface area is 140 Å². The summed E-state index contributed by atoms with van der Waals surface area (Å²) in [7, 11) is 1.64. The van der Waals surface area contributed by atoms with Gasteiger partial charge in [-0.2, -0.15) is 5.10 Å². The number of nitrogens with zero attached hydrogens (tertiary/aromatic N) is 3. The second-order valence-corrected chi connectivity index (χ2v) is 5.41. The molecule has 0 saturated carbocycles. The molecule has 2 unspecified atom stereocenters. The van der Waals surface area contributed by atoms with E-state index >= 15 is 0 Å². The molecule has 1 saturated heterocycles. The van der Waals surface area contributed by atoms with Gasteiger partial charge in [0.25, 0.3) is 5.91 Å². The fourth-order valence-electron chi connectivity index (χ4n) is 2.50. The molecule has 2 N–H and O–H groups in total. The van der Waals surface area contributed by atoms with Gasteiger partial charge < -0.3 is 19.9 Å². The molecule has 9 heteroatoms. The molecule has 1 fully saturated rings. The highest BCUT2D eigenvalue weighted by atomic mass is 35.5. The maximum atomic E-state index is 12.2. The predicted octanol–water partition coefficient (Wildman–Crippen LogP) is 0.366. The Kier molecular flexibility index (Phi) is 5.75. The van der Waals surface area contributed by atoms with Crippen molar-refractivity contribution in [3.63, 3.8) is 0 Å². The van der Waals surface area contributed by atoms with Gasteiger partial charge in [0, 0.05) is 32.5 Å². The molecule has 23 heavy (non-hydrogen) atoms. The van der Waals surface area contributed by atoms with Crippen LogP contribution >= 0.6 is 12.4 Å². The van der Waals surface area contributed by atoms with E-state index in [1.54, 1.807) is 24.1 Å². The number of hydrogen-bond donors (Lipinski definition) is 2. The molecule has 2 aromatic rings. The molecule has 3 heterocycles. The summed E-state index contributed by atoms with van der Waals surface area (Å²) in [6.07, 6.45) is 3.64. The van der Waals surface area contributed by atoms with E-state index in [2.05, 4.69) is 20.9 Å². The van der Waals surface area contributed by atoms with Crippen LogP contribution in [0.1, 0.15) is 21.8 Å². The number of aryl methyl sites for hydroxylation is 1. The lowest BCUT2D eigenvalue weighted by Crippen LogP contribution is -2.43. The summed E-state index contributed by atoms with van der Waals surface area (Å²) < 4.78 is 12.2. The molecule has 2 aromatic heterocycles. The monoisotopic (exact) mass is 341 g/mol. The van der Waals surface area contributed by atoms with Crippen molar-refractivity contribution in [2.75, 3.05) is 20.2 Å². The van der Waals surface area contributed by atoms with Crippen LogP contribution in [0.3, 0.4) is 0 Å². The first-order valence-corrected chi connectivity index (χ1v) is 7.14. The van der Waals surface area contributed by atoms with Crippen molar-refractivity contribution in [3.05, 3.63) is 35.5 Å². The first-order chi connectivity index (χ1) is 10.7. The molecule has 1 amide bonds. The van der Waals surface area contributed by atoms with E-state index < -0.39 is 0 Å². The molecular formula is C14H20ClN5O3. The van der Waals surface area contributed by atoms with Crippen molar-refractivity contribution in [2.24, 2.45) is 0 Å². The lowest BCUT2D eigenvalue weighted by molar-refractivity contribution is 0.0773. The summed E-state index contributed by atoms with van der Waals surface area (Å²) in [5, 5.41) is 14.1. The minimum atomic E-state index is -0.262. The summed E-state index contributed by atoms with van der Waals surface area (Å²) >= 11 is 0. The molecule has 2 atom stereocenters. The second-order valence-electron chi connectivity index (χ2n) is 5.41. The van der Waals surface area contributed by atoms with Gasteiger partial charge in [-0.3, -0.25) is 9.48 Å². The van der Waals surface area contributed by atoms with Gasteiger partial charge in [0.1, 0.15) is 6.54 Å². The number of carbonyl (C=O) groups is 1. The Morgan fingerprint density at radius 3 is 3.09 bits per heavy atom. The van der Waals surface area contributed by atoms with Crippen molar-refractivity contribution in [1.82, 2.24) is 25.6 Å². The maximum Gasteiger partial charge on any atom is 0.273 e.